The Balaban J connectivity index is 1.94. The largest absolute Gasteiger partial charge is 0.493 e. The van der Waals surface area contributed by atoms with Crippen molar-refractivity contribution in [3.8, 4) is 11.5 Å². The summed E-state index contributed by atoms with van der Waals surface area (Å²) in [7, 11) is 3.30. The number of Topliss-reactive ketones (excluding diaryl/α,β-unsaturated/α-hetero) is 1. The Morgan fingerprint density at radius 3 is 2.50 bits per heavy atom. The van der Waals surface area contributed by atoms with E-state index in [1.807, 2.05) is 12.1 Å². The first-order valence-electron chi connectivity index (χ1n) is 10.0. The normalized spacial score (nSPS) is 22.3. The molecule has 3 heteroatoms. The van der Waals surface area contributed by atoms with Crippen LogP contribution in [-0.4, -0.2) is 20.0 Å². The fourth-order valence-electron chi connectivity index (χ4n) is 4.45. The van der Waals surface area contributed by atoms with Crippen LogP contribution in [0.4, 0.5) is 0 Å². The third-order valence-electron chi connectivity index (χ3n) is 6.05. The zero-order valence-electron chi connectivity index (χ0n) is 17.4. The van der Waals surface area contributed by atoms with Gasteiger partial charge in [-0.1, -0.05) is 33.8 Å². The van der Waals surface area contributed by atoms with E-state index in [0.717, 1.165) is 30.8 Å². The summed E-state index contributed by atoms with van der Waals surface area (Å²) in [5, 5.41) is 0. The second-order valence-corrected chi connectivity index (χ2v) is 8.93. The summed E-state index contributed by atoms with van der Waals surface area (Å²) in [6.45, 7) is 9.17. The molecule has 26 heavy (non-hydrogen) atoms. The van der Waals surface area contributed by atoms with E-state index in [0.29, 0.717) is 29.5 Å². The molecule has 0 spiro atoms. The highest BCUT2D eigenvalue weighted by molar-refractivity contribution is 5.81. The van der Waals surface area contributed by atoms with Gasteiger partial charge in [0.2, 0.25) is 0 Å². The lowest BCUT2D eigenvalue weighted by molar-refractivity contribution is -0.128. The van der Waals surface area contributed by atoms with Gasteiger partial charge in [-0.25, -0.2) is 0 Å². The zero-order chi connectivity index (χ0) is 19.3. The molecule has 0 aromatic heterocycles. The molecule has 0 bridgehead atoms. The van der Waals surface area contributed by atoms with Crippen molar-refractivity contribution in [3.63, 3.8) is 0 Å². The molecular weight excluding hydrogens is 324 g/mol. The number of hydrogen-bond donors (Lipinski definition) is 0. The molecule has 0 amide bonds. The van der Waals surface area contributed by atoms with E-state index in [4.69, 9.17) is 9.47 Å². The van der Waals surface area contributed by atoms with Crippen LogP contribution in [0.5, 0.6) is 11.5 Å². The Morgan fingerprint density at radius 1 is 1.19 bits per heavy atom. The smallest absolute Gasteiger partial charge is 0.160 e. The van der Waals surface area contributed by atoms with Crippen LogP contribution in [0.3, 0.4) is 0 Å². The standard InChI is InChI=1S/C23H36O3/c1-16(2)18-12-13-23(3,4)15-19(18)20(24)9-7-8-17-10-11-21(25-5)22(14-17)26-6/h10-11,14,16,18-19H,7-9,12-13,15H2,1-6H3. The van der Waals surface area contributed by atoms with Crippen LogP contribution in [0, 0.1) is 23.2 Å². The van der Waals surface area contributed by atoms with E-state index in [1.54, 1.807) is 14.2 Å². The monoisotopic (exact) mass is 360 g/mol. The van der Waals surface area contributed by atoms with Crippen LogP contribution in [0.25, 0.3) is 0 Å². The van der Waals surface area contributed by atoms with Crippen LogP contribution < -0.4 is 9.47 Å². The Kier molecular flexibility index (Phi) is 7.14. The number of benzene rings is 1. The topological polar surface area (TPSA) is 35.5 Å². The average molecular weight is 361 g/mol. The van der Waals surface area contributed by atoms with Crippen molar-refractivity contribution in [2.24, 2.45) is 23.2 Å². The SMILES string of the molecule is COc1ccc(CCCC(=O)C2CC(C)(C)CCC2C(C)C)cc1OC. The molecule has 2 rings (SSSR count). The summed E-state index contributed by atoms with van der Waals surface area (Å²) < 4.78 is 10.7. The molecule has 0 N–H and O–H groups in total. The summed E-state index contributed by atoms with van der Waals surface area (Å²) in [5.41, 5.74) is 1.49. The van der Waals surface area contributed by atoms with E-state index in [9.17, 15) is 4.79 Å². The van der Waals surface area contributed by atoms with Crippen molar-refractivity contribution in [1.29, 1.82) is 0 Å². The van der Waals surface area contributed by atoms with Crippen LogP contribution >= 0.6 is 0 Å². The molecular formula is C23H36O3. The number of aryl methyl sites for hydroxylation is 1. The van der Waals surface area contributed by atoms with Crippen molar-refractivity contribution >= 4 is 5.78 Å². The highest BCUT2D eigenvalue weighted by Gasteiger charge is 2.39. The van der Waals surface area contributed by atoms with Crippen LogP contribution in [0.2, 0.25) is 0 Å². The number of hydrogen-bond acceptors (Lipinski definition) is 3. The van der Waals surface area contributed by atoms with Gasteiger partial charge < -0.3 is 9.47 Å². The number of carbonyl (C=O) groups is 1. The molecule has 0 radical (unpaired) electrons. The summed E-state index contributed by atoms with van der Waals surface area (Å²) in [6.07, 6.45) is 5.95. The fourth-order valence-corrected chi connectivity index (χ4v) is 4.45. The lowest BCUT2D eigenvalue weighted by Gasteiger charge is -2.42. The molecule has 0 aliphatic heterocycles. The van der Waals surface area contributed by atoms with Gasteiger partial charge in [0.05, 0.1) is 14.2 Å². The second-order valence-electron chi connectivity index (χ2n) is 8.93. The van der Waals surface area contributed by atoms with Gasteiger partial charge in [0.25, 0.3) is 0 Å². The molecule has 1 aliphatic carbocycles. The number of methoxy groups -OCH3 is 2. The van der Waals surface area contributed by atoms with E-state index >= 15 is 0 Å². The van der Waals surface area contributed by atoms with E-state index in [1.165, 1.54) is 18.4 Å². The first kappa shape index (κ1) is 20.8. The van der Waals surface area contributed by atoms with Crippen molar-refractivity contribution in [2.45, 2.75) is 66.2 Å². The molecule has 1 saturated carbocycles. The third kappa shape index (κ3) is 5.25. The van der Waals surface area contributed by atoms with E-state index in [-0.39, 0.29) is 5.92 Å². The van der Waals surface area contributed by atoms with Gasteiger partial charge in [0.15, 0.2) is 11.5 Å². The molecule has 1 aliphatic rings. The quantitative estimate of drug-likeness (QED) is 0.597. The molecule has 0 heterocycles. The van der Waals surface area contributed by atoms with Gasteiger partial charge in [0, 0.05) is 12.3 Å². The lowest BCUT2D eigenvalue weighted by atomic mass is 9.62. The van der Waals surface area contributed by atoms with E-state index < -0.39 is 0 Å². The van der Waals surface area contributed by atoms with Crippen LogP contribution in [0.1, 0.15) is 65.4 Å². The summed E-state index contributed by atoms with van der Waals surface area (Å²) >= 11 is 0. The number of ether oxygens (including phenoxy) is 2. The summed E-state index contributed by atoms with van der Waals surface area (Å²) in [5.74, 6) is 3.35. The highest BCUT2D eigenvalue weighted by atomic mass is 16.5. The van der Waals surface area contributed by atoms with Crippen molar-refractivity contribution in [3.05, 3.63) is 23.8 Å². The minimum Gasteiger partial charge on any atom is -0.493 e. The van der Waals surface area contributed by atoms with Gasteiger partial charge in [-0.2, -0.15) is 0 Å². The van der Waals surface area contributed by atoms with Gasteiger partial charge in [-0.3, -0.25) is 4.79 Å². The van der Waals surface area contributed by atoms with Crippen molar-refractivity contribution in [2.75, 3.05) is 14.2 Å². The Labute approximate surface area is 159 Å². The molecule has 0 saturated heterocycles. The second kappa shape index (κ2) is 8.92. The highest BCUT2D eigenvalue weighted by Crippen LogP contribution is 2.45. The number of rotatable bonds is 8. The fraction of sp³-hybridized carbons (Fsp3) is 0.696. The lowest BCUT2D eigenvalue weighted by Crippen LogP contribution is -2.37. The first-order chi connectivity index (χ1) is 12.3. The zero-order valence-corrected chi connectivity index (χ0v) is 17.4. The number of ketones is 1. The molecule has 2 unspecified atom stereocenters. The molecule has 3 nitrogen and oxygen atoms in total. The number of carbonyl (C=O) groups excluding carboxylic acids is 1. The van der Waals surface area contributed by atoms with Gasteiger partial charge >= 0.3 is 0 Å². The molecule has 1 fully saturated rings. The molecule has 1 aromatic carbocycles. The Hall–Kier alpha value is -1.51. The molecule has 2 atom stereocenters. The Bertz CT molecular complexity index is 603. The summed E-state index contributed by atoms with van der Waals surface area (Å²) in [4.78, 5) is 13.0. The van der Waals surface area contributed by atoms with Gasteiger partial charge in [0.1, 0.15) is 5.78 Å². The Morgan fingerprint density at radius 2 is 1.88 bits per heavy atom. The predicted molar refractivity (Wildman–Crippen MR) is 107 cm³/mol. The van der Waals surface area contributed by atoms with Crippen LogP contribution in [0.15, 0.2) is 18.2 Å². The van der Waals surface area contributed by atoms with Crippen molar-refractivity contribution < 1.29 is 14.3 Å². The van der Waals surface area contributed by atoms with E-state index in [2.05, 4.69) is 33.8 Å². The van der Waals surface area contributed by atoms with Crippen molar-refractivity contribution in [1.82, 2.24) is 0 Å². The third-order valence-corrected chi connectivity index (χ3v) is 6.05. The minimum absolute atomic E-state index is 0.240. The van der Waals surface area contributed by atoms with Crippen LogP contribution in [-0.2, 0) is 11.2 Å². The molecule has 146 valence electrons. The molecule has 1 aromatic rings. The average Bonchev–Trinajstić information content (AvgIpc) is 2.60. The summed E-state index contributed by atoms with van der Waals surface area (Å²) in [6, 6.07) is 6.02. The minimum atomic E-state index is 0.240. The maximum atomic E-state index is 13.0. The van der Waals surface area contributed by atoms with Gasteiger partial charge in [-0.05, 0) is 67.1 Å². The van der Waals surface area contributed by atoms with Gasteiger partial charge in [-0.15, -0.1) is 0 Å². The maximum absolute atomic E-state index is 13.0. The predicted octanol–water partition coefficient (Wildman–Crippen LogP) is 5.69. The maximum Gasteiger partial charge on any atom is 0.160 e. The first-order valence-corrected chi connectivity index (χ1v) is 10.0.